The molecule has 6 heteroatoms. The van der Waals surface area contributed by atoms with Crippen molar-refractivity contribution in [2.45, 2.75) is 52.5 Å². The average Bonchev–Trinajstić information content (AvgIpc) is 3.02. The van der Waals surface area contributed by atoms with Gasteiger partial charge >= 0.3 is 0 Å². The summed E-state index contributed by atoms with van der Waals surface area (Å²) in [6, 6.07) is 5.41. The number of hydrogen-bond acceptors (Lipinski definition) is 4. The van der Waals surface area contributed by atoms with E-state index >= 15 is 0 Å². The first-order chi connectivity index (χ1) is 12.0. The zero-order chi connectivity index (χ0) is 18.0. The van der Waals surface area contributed by atoms with Crippen molar-refractivity contribution in [1.82, 2.24) is 15.5 Å². The normalized spacial score (nSPS) is 17.0. The summed E-state index contributed by atoms with van der Waals surface area (Å²) >= 11 is 6.19. The molecule has 1 fully saturated rings. The molecule has 0 saturated heterocycles. The highest BCUT2D eigenvalue weighted by Gasteiger charge is 2.31. The lowest BCUT2D eigenvalue weighted by atomic mass is 9.84. The standard InChI is InChI=1S/C19H24ClN3O2/c1-4-11(2)16(21-18(24)13-6-5-7-13)19-22-17(23-25-19)14-9-8-12(3)15(20)10-14/h8-11,13,16H,4-7H2,1-3H3,(H,21,24)/t11-,16+/m0/s1. The van der Waals surface area contributed by atoms with Gasteiger partial charge in [0.2, 0.25) is 17.6 Å². The molecule has 1 aliphatic rings. The number of hydrogen-bond donors (Lipinski definition) is 1. The summed E-state index contributed by atoms with van der Waals surface area (Å²) in [5, 5.41) is 7.86. The van der Waals surface area contributed by atoms with Crippen molar-refractivity contribution in [2.24, 2.45) is 11.8 Å². The lowest BCUT2D eigenvalue weighted by Gasteiger charge is -2.28. The summed E-state index contributed by atoms with van der Waals surface area (Å²) < 4.78 is 5.49. The molecule has 1 N–H and O–H groups in total. The van der Waals surface area contributed by atoms with E-state index in [9.17, 15) is 4.79 Å². The number of benzene rings is 1. The van der Waals surface area contributed by atoms with Crippen LogP contribution in [0.25, 0.3) is 11.4 Å². The number of aryl methyl sites for hydroxylation is 1. The number of carbonyl (C=O) groups excluding carboxylic acids is 1. The van der Waals surface area contributed by atoms with Gasteiger partial charge in [0.1, 0.15) is 6.04 Å². The van der Waals surface area contributed by atoms with Gasteiger partial charge in [-0.15, -0.1) is 0 Å². The van der Waals surface area contributed by atoms with Gasteiger partial charge in [-0.05, 0) is 37.3 Å². The predicted octanol–water partition coefficient (Wildman–Crippen LogP) is 4.70. The third-order valence-corrected chi connectivity index (χ3v) is 5.53. The summed E-state index contributed by atoms with van der Waals surface area (Å²) in [6.07, 6.45) is 3.97. The maximum absolute atomic E-state index is 12.4. The number of rotatable bonds is 6. The SMILES string of the molecule is CC[C@H](C)[C@@H](NC(=O)C1CCC1)c1nc(-c2ccc(C)c(Cl)c2)no1. The quantitative estimate of drug-likeness (QED) is 0.809. The van der Waals surface area contributed by atoms with Crippen LogP contribution in [-0.2, 0) is 4.79 Å². The molecule has 3 rings (SSSR count). The van der Waals surface area contributed by atoms with Crippen LogP contribution in [0.5, 0.6) is 0 Å². The van der Waals surface area contributed by atoms with Crippen LogP contribution in [0, 0.1) is 18.8 Å². The first kappa shape index (κ1) is 17.9. The van der Waals surface area contributed by atoms with E-state index in [4.69, 9.17) is 16.1 Å². The Kier molecular flexibility index (Phi) is 5.42. The number of halogens is 1. The maximum Gasteiger partial charge on any atom is 0.249 e. The molecule has 2 aromatic rings. The van der Waals surface area contributed by atoms with Crippen LogP contribution in [0.3, 0.4) is 0 Å². The lowest BCUT2D eigenvalue weighted by molar-refractivity contribution is -0.128. The molecule has 1 saturated carbocycles. The van der Waals surface area contributed by atoms with Crippen LogP contribution in [0.2, 0.25) is 5.02 Å². The van der Waals surface area contributed by atoms with Crippen molar-refractivity contribution in [1.29, 1.82) is 0 Å². The molecule has 134 valence electrons. The zero-order valence-electron chi connectivity index (χ0n) is 14.9. The van der Waals surface area contributed by atoms with Crippen molar-refractivity contribution >= 4 is 17.5 Å². The van der Waals surface area contributed by atoms with E-state index < -0.39 is 0 Å². The summed E-state index contributed by atoms with van der Waals surface area (Å²) in [6.45, 7) is 6.12. The molecule has 1 amide bonds. The summed E-state index contributed by atoms with van der Waals surface area (Å²) in [7, 11) is 0. The fourth-order valence-electron chi connectivity index (χ4n) is 2.84. The highest BCUT2D eigenvalue weighted by Crippen LogP contribution is 2.30. The Balaban J connectivity index is 1.82. The summed E-state index contributed by atoms with van der Waals surface area (Å²) in [4.78, 5) is 16.9. The molecule has 0 unspecified atom stereocenters. The Bertz CT molecular complexity index is 755. The molecule has 2 atom stereocenters. The van der Waals surface area contributed by atoms with Crippen LogP contribution in [0.1, 0.15) is 57.0 Å². The third-order valence-electron chi connectivity index (χ3n) is 5.12. The number of aromatic nitrogens is 2. The highest BCUT2D eigenvalue weighted by molar-refractivity contribution is 6.31. The molecule has 1 heterocycles. The van der Waals surface area contributed by atoms with Crippen LogP contribution in [-0.4, -0.2) is 16.0 Å². The van der Waals surface area contributed by atoms with Crippen molar-refractivity contribution in [3.8, 4) is 11.4 Å². The third kappa shape index (κ3) is 3.87. The number of amides is 1. The average molecular weight is 362 g/mol. The Morgan fingerprint density at radius 3 is 2.80 bits per heavy atom. The van der Waals surface area contributed by atoms with E-state index in [0.717, 1.165) is 36.8 Å². The van der Waals surface area contributed by atoms with Gasteiger partial charge in [0, 0.05) is 16.5 Å². The molecule has 0 bridgehead atoms. The predicted molar refractivity (Wildman–Crippen MR) is 97.2 cm³/mol. The molecule has 25 heavy (non-hydrogen) atoms. The molecule has 1 aromatic carbocycles. The van der Waals surface area contributed by atoms with Gasteiger partial charge < -0.3 is 9.84 Å². The Morgan fingerprint density at radius 2 is 2.20 bits per heavy atom. The van der Waals surface area contributed by atoms with Crippen molar-refractivity contribution < 1.29 is 9.32 Å². The highest BCUT2D eigenvalue weighted by atomic mass is 35.5. The van der Waals surface area contributed by atoms with Gasteiger partial charge in [0.25, 0.3) is 0 Å². The van der Waals surface area contributed by atoms with Gasteiger partial charge in [0.05, 0.1) is 0 Å². The second kappa shape index (κ2) is 7.56. The number of carbonyl (C=O) groups is 1. The number of nitrogens with one attached hydrogen (secondary N) is 1. The smallest absolute Gasteiger partial charge is 0.249 e. The molecule has 1 aliphatic carbocycles. The Labute approximate surface area is 153 Å². The fraction of sp³-hybridized carbons (Fsp3) is 0.526. The van der Waals surface area contributed by atoms with E-state index in [1.807, 2.05) is 25.1 Å². The first-order valence-corrected chi connectivity index (χ1v) is 9.28. The van der Waals surface area contributed by atoms with Crippen LogP contribution >= 0.6 is 11.6 Å². The minimum absolute atomic E-state index is 0.0923. The molecule has 1 aromatic heterocycles. The number of nitrogens with zero attached hydrogens (tertiary/aromatic N) is 2. The van der Waals surface area contributed by atoms with Gasteiger partial charge in [-0.3, -0.25) is 4.79 Å². The van der Waals surface area contributed by atoms with Gasteiger partial charge in [-0.25, -0.2) is 0 Å². The monoisotopic (exact) mass is 361 g/mol. The Hall–Kier alpha value is -1.88. The van der Waals surface area contributed by atoms with Crippen LogP contribution in [0.4, 0.5) is 0 Å². The van der Waals surface area contributed by atoms with E-state index in [-0.39, 0.29) is 23.8 Å². The summed E-state index contributed by atoms with van der Waals surface area (Å²) in [5.74, 6) is 1.37. The lowest BCUT2D eigenvalue weighted by Crippen LogP contribution is -2.39. The van der Waals surface area contributed by atoms with Gasteiger partial charge in [0.15, 0.2) is 0 Å². The van der Waals surface area contributed by atoms with E-state index in [2.05, 4.69) is 29.3 Å². The van der Waals surface area contributed by atoms with Crippen molar-refractivity contribution in [3.63, 3.8) is 0 Å². The Morgan fingerprint density at radius 1 is 1.44 bits per heavy atom. The molecule has 0 spiro atoms. The molecular weight excluding hydrogens is 338 g/mol. The van der Waals surface area contributed by atoms with Crippen LogP contribution in [0.15, 0.2) is 22.7 Å². The second-order valence-electron chi connectivity index (χ2n) is 6.92. The maximum atomic E-state index is 12.4. The fourth-order valence-corrected chi connectivity index (χ4v) is 3.02. The minimum Gasteiger partial charge on any atom is -0.344 e. The molecular formula is C19H24ClN3O2. The van der Waals surface area contributed by atoms with E-state index in [0.29, 0.717) is 16.7 Å². The van der Waals surface area contributed by atoms with E-state index in [1.165, 1.54) is 0 Å². The first-order valence-electron chi connectivity index (χ1n) is 8.90. The topological polar surface area (TPSA) is 68.0 Å². The van der Waals surface area contributed by atoms with Crippen LogP contribution < -0.4 is 5.32 Å². The molecule has 0 radical (unpaired) electrons. The zero-order valence-corrected chi connectivity index (χ0v) is 15.6. The van der Waals surface area contributed by atoms with Gasteiger partial charge in [-0.1, -0.05) is 55.6 Å². The summed E-state index contributed by atoms with van der Waals surface area (Å²) in [5.41, 5.74) is 1.80. The largest absolute Gasteiger partial charge is 0.344 e. The van der Waals surface area contributed by atoms with E-state index in [1.54, 1.807) is 0 Å². The van der Waals surface area contributed by atoms with Gasteiger partial charge in [-0.2, -0.15) is 4.98 Å². The van der Waals surface area contributed by atoms with Crippen molar-refractivity contribution in [2.75, 3.05) is 0 Å². The molecule has 5 nitrogen and oxygen atoms in total. The molecule has 0 aliphatic heterocycles. The minimum atomic E-state index is -0.264. The van der Waals surface area contributed by atoms with Crippen molar-refractivity contribution in [3.05, 3.63) is 34.7 Å². The second-order valence-corrected chi connectivity index (χ2v) is 7.33.